The van der Waals surface area contributed by atoms with E-state index in [4.69, 9.17) is 10.5 Å². The van der Waals surface area contributed by atoms with Crippen LogP contribution in [0.2, 0.25) is 0 Å². The minimum atomic E-state index is -3.59. The lowest BCUT2D eigenvalue weighted by Crippen LogP contribution is -2.09. The molecule has 2 aromatic carbocycles. The summed E-state index contributed by atoms with van der Waals surface area (Å²) in [6.07, 6.45) is 1.04. The van der Waals surface area contributed by atoms with E-state index in [0.29, 0.717) is 16.4 Å². The lowest BCUT2D eigenvalue weighted by Gasteiger charge is -2.06. The third-order valence-electron chi connectivity index (χ3n) is 4.04. The van der Waals surface area contributed by atoms with Crippen LogP contribution in [0.3, 0.4) is 0 Å². The standard InChI is InChI=1S/C20H19N3O5S2/c1-3-28-19(25)12-8-10-13(11-9-12)22-20-23-18(21)17(29-20)16(24)14-6-4-5-7-15(14)30(2,26)27/h4-11H,3,21H2,1-2H3,(H,22,23). The summed E-state index contributed by atoms with van der Waals surface area (Å²) < 4.78 is 28.9. The Balaban J connectivity index is 1.85. The Hall–Kier alpha value is -3.24. The molecule has 0 fully saturated rings. The molecule has 10 heteroatoms. The van der Waals surface area contributed by atoms with E-state index in [1.807, 2.05) is 0 Å². The molecule has 1 heterocycles. The number of ketones is 1. The number of benzene rings is 2. The van der Waals surface area contributed by atoms with E-state index in [-0.39, 0.29) is 27.8 Å². The van der Waals surface area contributed by atoms with Gasteiger partial charge in [0.2, 0.25) is 5.78 Å². The molecule has 0 spiro atoms. The predicted molar refractivity (Wildman–Crippen MR) is 115 cm³/mol. The highest BCUT2D eigenvalue weighted by Gasteiger charge is 2.24. The molecule has 0 aliphatic heterocycles. The third kappa shape index (κ3) is 4.66. The Morgan fingerprint density at radius 2 is 1.80 bits per heavy atom. The molecule has 3 N–H and O–H groups in total. The normalized spacial score (nSPS) is 11.1. The lowest BCUT2D eigenvalue weighted by atomic mass is 10.1. The molecule has 3 rings (SSSR count). The van der Waals surface area contributed by atoms with Crippen LogP contribution in [0.15, 0.2) is 53.4 Å². The SMILES string of the molecule is CCOC(=O)c1ccc(Nc2nc(N)c(C(=O)c3ccccc3S(C)(=O)=O)s2)cc1. The van der Waals surface area contributed by atoms with Crippen LogP contribution in [0.25, 0.3) is 0 Å². The van der Waals surface area contributed by atoms with Crippen molar-refractivity contribution < 1.29 is 22.7 Å². The average Bonchev–Trinajstić information content (AvgIpc) is 3.07. The molecular weight excluding hydrogens is 426 g/mol. The number of sulfone groups is 1. The van der Waals surface area contributed by atoms with Crippen LogP contribution in [0.1, 0.15) is 32.5 Å². The van der Waals surface area contributed by atoms with Crippen molar-refractivity contribution in [1.29, 1.82) is 0 Å². The van der Waals surface area contributed by atoms with Gasteiger partial charge < -0.3 is 15.8 Å². The molecule has 0 saturated heterocycles. The second-order valence-electron chi connectivity index (χ2n) is 6.25. The van der Waals surface area contributed by atoms with Crippen LogP contribution in [-0.2, 0) is 14.6 Å². The van der Waals surface area contributed by atoms with Gasteiger partial charge in [-0.05, 0) is 43.3 Å². The number of anilines is 3. The summed E-state index contributed by atoms with van der Waals surface area (Å²) in [4.78, 5) is 28.9. The first-order valence-corrected chi connectivity index (χ1v) is 11.6. The van der Waals surface area contributed by atoms with E-state index < -0.39 is 21.6 Å². The second kappa shape index (κ2) is 8.64. The summed E-state index contributed by atoms with van der Waals surface area (Å²) in [6.45, 7) is 2.02. The zero-order valence-corrected chi connectivity index (χ0v) is 17.8. The van der Waals surface area contributed by atoms with Crippen molar-refractivity contribution in [2.75, 3.05) is 23.9 Å². The topological polar surface area (TPSA) is 128 Å². The van der Waals surface area contributed by atoms with Crippen molar-refractivity contribution in [2.45, 2.75) is 11.8 Å². The summed E-state index contributed by atoms with van der Waals surface area (Å²) in [6, 6.07) is 12.5. The highest BCUT2D eigenvalue weighted by atomic mass is 32.2. The largest absolute Gasteiger partial charge is 0.462 e. The molecular formula is C20H19N3O5S2. The average molecular weight is 446 g/mol. The molecule has 8 nitrogen and oxygen atoms in total. The van der Waals surface area contributed by atoms with Crippen LogP contribution >= 0.6 is 11.3 Å². The molecule has 0 aliphatic carbocycles. The molecule has 0 radical (unpaired) electrons. The maximum absolute atomic E-state index is 12.9. The number of hydrogen-bond donors (Lipinski definition) is 2. The van der Waals surface area contributed by atoms with E-state index in [1.54, 1.807) is 43.3 Å². The monoisotopic (exact) mass is 445 g/mol. The number of carbonyl (C=O) groups excluding carboxylic acids is 2. The number of thiazole rings is 1. The number of aromatic nitrogens is 1. The van der Waals surface area contributed by atoms with E-state index in [9.17, 15) is 18.0 Å². The molecule has 30 heavy (non-hydrogen) atoms. The number of nitrogens with zero attached hydrogens (tertiary/aromatic N) is 1. The summed E-state index contributed by atoms with van der Waals surface area (Å²) in [7, 11) is -3.59. The number of carbonyl (C=O) groups is 2. The summed E-state index contributed by atoms with van der Waals surface area (Å²) in [5.74, 6) is -0.935. The lowest BCUT2D eigenvalue weighted by molar-refractivity contribution is 0.0526. The molecule has 0 bridgehead atoms. The van der Waals surface area contributed by atoms with Crippen molar-refractivity contribution in [2.24, 2.45) is 0 Å². The Kier molecular flexibility index (Phi) is 6.18. The molecule has 1 aromatic heterocycles. The molecule has 0 unspecified atom stereocenters. The quantitative estimate of drug-likeness (QED) is 0.419. The number of nitrogens with two attached hydrogens (primary N) is 1. The van der Waals surface area contributed by atoms with E-state index >= 15 is 0 Å². The fourth-order valence-electron chi connectivity index (χ4n) is 2.68. The van der Waals surface area contributed by atoms with Crippen LogP contribution in [0.5, 0.6) is 0 Å². The maximum Gasteiger partial charge on any atom is 0.338 e. The molecule has 0 atom stereocenters. The first-order chi connectivity index (χ1) is 14.2. The minimum absolute atomic E-state index is 0.000974. The highest BCUT2D eigenvalue weighted by molar-refractivity contribution is 7.90. The molecule has 156 valence electrons. The van der Waals surface area contributed by atoms with E-state index in [0.717, 1.165) is 17.6 Å². The van der Waals surface area contributed by atoms with E-state index in [1.165, 1.54) is 12.1 Å². The number of rotatable bonds is 7. The number of esters is 1. The van der Waals surface area contributed by atoms with Crippen molar-refractivity contribution in [3.05, 3.63) is 64.5 Å². The van der Waals surface area contributed by atoms with Gasteiger partial charge in [0, 0.05) is 17.5 Å². The van der Waals surface area contributed by atoms with Gasteiger partial charge in [0.15, 0.2) is 15.0 Å². The van der Waals surface area contributed by atoms with Gasteiger partial charge in [-0.3, -0.25) is 4.79 Å². The van der Waals surface area contributed by atoms with Crippen molar-refractivity contribution in [1.82, 2.24) is 4.98 Å². The van der Waals surface area contributed by atoms with E-state index in [2.05, 4.69) is 10.3 Å². The summed E-state index contributed by atoms with van der Waals surface area (Å²) in [5.41, 5.74) is 7.00. The van der Waals surface area contributed by atoms with Crippen molar-refractivity contribution >= 4 is 49.6 Å². The number of nitrogen functional groups attached to an aromatic ring is 1. The minimum Gasteiger partial charge on any atom is -0.462 e. The number of hydrogen-bond acceptors (Lipinski definition) is 9. The summed E-state index contributed by atoms with van der Waals surface area (Å²) >= 11 is 1.01. The van der Waals surface area contributed by atoms with Crippen LogP contribution < -0.4 is 11.1 Å². The Morgan fingerprint density at radius 1 is 1.13 bits per heavy atom. The first kappa shape index (κ1) is 21.5. The summed E-state index contributed by atoms with van der Waals surface area (Å²) in [5, 5.41) is 3.38. The molecule has 0 aliphatic rings. The van der Waals surface area contributed by atoms with Gasteiger partial charge in [-0.15, -0.1) is 0 Å². The van der Waals surface area contributed by atoms with Crippen LogP contribution in [-0.4, -0.2) is 38.0 Å². The van der Waals surface area contributed by atoms with Gasteiger partial charge in [0.25, 0.3) is 0 Å². The molecule has 3 aromatic rings. The fraction of sp³-hybridized carbons (Fsp3) is 0.150. The Labute approximate surface area is 177 Å². The van der Waals surface area contributed by atoms with Gasteiger partial charge in [0.1, 0.15) is 10.7 Å². The molecule has 0 amide bonds. The zero-order valence-electron chi connectivity index (χ0n) is 16.2. The number of nitrogens with one attached hydrogen (secondary N) is 1. The van der Waals surface area contributed by atoms with Crippen molar-refractivity contribution in [3.8, 4) is 0 Å². The fourth-order valence-corrected chi connectivity index (χ4v) is 4.42. The zero-order chi connectivity index (χ0) is 21.9. The Bertz CT molecular complexity index is 1200. The van der Waals surface area contributed by atoms with Gasteiger partial charge >= 0.3 is 5.97 Å². The molecule has 0 saturated carbocycles. The van der Waals surface area contributed by atoms with Gasteiger partial charge in [-0.2, -0.15) is 0 Å². The maximum atomic E-state index is 12.9. The number of ether oxygens (including phenoxy) is 1. The second-order valence-corrected chi connectivity index (χ2v) is 9.24. The third-order valence-corrected chi connectivity index (χ3v) is 6.18. The van der Waals surface area contributed by atoms with Gasteiger partial charge in [-0.25, -0.2) is 18.2 Å². The van der Waals surface area contributed by atoms with Gasteiger partial charge in [-0.1, -0.05) is 23.5 Å². The predicted octanol–water partition coefficient (Wildman–Crippen LogP) is 3.28. The van der Waals surface area contributed by atoms with Gasteiger partial charge in [0.05, 0.1) is 17.1 Å². The first-order valence-electron chi connectivity index (χ1n) is 8.85. The van der Waals surface area contributed by atoms with Crippen molar-refractivity contribution in [3.63, 3.8) is 0 Å². The smallest absolute Gasteiger partial charge is 0.338 e. The Morgan fingerprint density at radius 3 is 2.43 bits per heavy atom. The van der Waals surface area contributed by atoms with Crippen LogP contribution in [0, 0.1) is 0 Å². The van der Waals surface area contributed by atoms with Crippen LogP contribution in [0.4, 0.5) is 16.6 Å². The highest BCUT2D eigenvalue weighted by Crippen LogP contribution is 2.31.